The highest BCUT2D eigenvalue weighted by Gasteiger charge is 2.27. The summed E-state index contributed by atoms with van der Waals surface area (Å²) in [5.74, 6) is 0.148. The van der Waals surface area contributed by atoms with Crippen LogP contribution in [0.2, 0.25) is 0 Å². The fourth-order valence-electron chi connectivity index (χ4n) is 2.76. The summed E-state index contributed by atoms with van der Waals surface area (Å²) in [5, 5.41) is 0. The second-order valence-electron chi connectivity index (χ2n) is 5.90. The van der Waals surface area contributed by atoms with E-state index in [4.69, 9.17) is 0 Å². The maximum Gasteiger partial charge on any atom is 0.304 e. The molecule has 1 amide bonds. The number of amides is 1. The third kappa shape index (κ3) is 3.82. The fraction of sp³-hybridized carbons (Fsp3) is 0.375. The molecular formula is C16H20N4O3S. The summed E-state index contributed by atoms with van der Waals surface area (Å²) in [5.41, 5.74) is 3.04. The van der Waals surface area contributed by atoms with E-state index in [0.717, 1.165) is 16.8 Å². The van der Waals surface area contributed by atoms with Crippen LogP contribution in [-0.2, 0) is 34.4 Å². The number of carbonyl (C=O) groups is 1. The van der Waals surface area contributed by atoms with Gasteiger partial charge in [0.25, 0.3) is 0 Å². The fourth-order valence-corrected chi connectivity index (χ4v) is 3.92. The highest BCUT2D eigenvalue weighted by atomic mass is 32.2. The third-order valence-corrected chi connectivity index (χ3v) is 5.50. The van der Waals surface area contributed by atoms with Gasteiger partial charge in [0.2, 0.25) is 5.91 Å². The molecule has 1 aromatic carbocycles. The van der Waals surface area contributed by atoms with Gasteiger partial charge in [0.1, 0.15) is 5.82 Å². The van der Waals surface area contributed by atoms with Gasteiger partial charge in [-0.1, -0.05) is 24.3 Å². The monoisotopic (exact) mass is 348 g/mol. The summed E-state index contributed by atoms with van der Waals surface area (Å²) in [7, 11) is -3.82. The number of H-pyrrole nitrogens is 1. The molecule has 0 bridgehead atoms. The Bertz CT molecular complexity index is 845. The highest BCUT2D eigenvalue weighted by Crippen LogP contribution is 2.20. The smallest absolute Gasteiger partial charge is 0.304 e. The zero-order valence-corrected chi connectivity index (χ0v) is 14.3. The van der Waals surface area contributed by atoms with Gasteiger partial charge in [-0.05, 0) is 24.5 Å². The summed E-state index contributed by atoms with van der Waals surface area (Å²) in [6.07, 6.45) is 2.76. The Morgan fingerprint density at radius 1 is 1.33 bits per heavy atom. The zero-order chi connectivity index (χ0) is 17.2. The second kappa shape index (κ2) is 6.74. The molecule has 2 heterocycles. The molecule has 0 fully saturated rings. The first-order chi connectivity index (χ1) is 11.4. The van der Waals surface area contributed by atoms with Gasteiger partial charge in [-0.25, -0.2) is 9.71 Å². The van der Waals surface area contributed by atoms with E-state index in [1.807, 2.05) is 31.2 Å². The molecule has 0 radical (unpaired) electrons. The second-order valence-corrected chi connectivity index (χ2v) is 7.57. The molecular weight excluding hydrogens is 328 g/mol. The molecule has 1 aromatic heterocycles. The number of hydrogen-bond acceptors (Lipinski definition) is 4. The molecule has 2 N–H and O–H groups in total. The van der Waals surface area contributed by atoms with Crippen LogP contribution in [0.25, 0.3) is 0 Å². The van der Waals surface area contributed by atoms with Crippen LogP contribution in [-0.4, -0.2) is 35.1 Å². The topological polar surface area (TPSA) is 95.2 Å². The molecule has 24 heavy (non-hydrogen) atoms. The lowest BCUT2D eigenvalue weighted by Gasteiger charge is -2.27. The average molecular weight is 348 g/mol. The van der Waals surface area contributed by atoms with Gasteiger partial charge in [-0.3, -0.25) is 4.79 Å². The molecule has 8 heteroatoms. The number of nitrogens with zero attached hydrogens (tertiary/aromatic N) is 2. The van der Waals surface area contributed by atoms with E-state index >= 15 is 0 Å². The van der Waals surface area contributed by atoms with Crippen molar-refractivity contribution in [3.63, 3.8) is 0 Å². The number of imidazole rings is 1. The van der Waals surface area contributed by atoms with E-state index in [2.05, 4.69) is 14.7 Å². The van der Waals surface area contributed by atoms with Crippen LogP contribution in [0.3, 0.4) is 0 Å². The summed E-state index contributed by atoms with van der Waals surface area (Å²) in [6, 6.07) is 7.75. The lowest BCUT2D eigenvalue weighted by molar-refractivity contribution is -0.119. The Kier molecular flexibility index (Phi) is 4.68. The van der Waals surface area contributed by atoms with Crippen LogP contribution in [0, 0.1) is 6.92 Å². The molecule has 128 valence electrons. The van der Waals surface area contributed by atoms with Crippen LogP contribution < -0.4 is 4.72 Å². The van der Waals surface area contributed by atoms with Crippen molar-refractivity contribution in [2.75, 3.05) is 6.54 Å². The standard InChI is InChI=1S/C16H20N4O3S/c1-12-10-17-15(18-12)6-7-16(21)19-24(22,23)20-9-8-13-4-2-3-5-14(13)11-20/h2-5,10H,6-9,11H2,1H3,(H,17,18)(H,19,21). The van der Waals surface area contributed by atoms with Crippen molar-refractivity contribution in [2.45, 2.75) is 32.7 Å². The van der Waals surface area contributed by atoms with Crippen molar-refractivity contribution < 1.29 is 13.2 Å². The molecule has 0 saturated heterocycles. The lowest BCUT2D eigenvalue weighted by Crippen LogP contribution is -2.45. The van der Waals surface area contributed by atoms with E-state index in [9.17, 15) is 13.2 Å². The molecule has 1 aliphatic rings. The largest absolute Gasteiger partial charge is 0.346 e. The van der Waals surface area contributed by atoms with Crippen molar-refractivity contribution >= 4 is 16.1 Å². The van der Waals surface area contributed by atoms with E-state index in [1.54, 1.807) is 6.20 Å². The Morgan fingerprint density at radius 2 is 2.08 bits per heavy atom. The number of nitrogens with one attached hydrogen (secondary N) is 2. The van der Waals surface area contributed by atoms with Gasteiger partial charge in [-0.2, -0.15) is 12.7 Å². The molecule has 0 saturated carbocycles. The summed E-state index contributed by atoms with van der Waals surface area (Å²) >= 11 is 0. The van der Waals surface area contributed by atoms with Crippen LogP contribution >= 0.6 is 0 Å². The van der Waals surface area contributed by atoms with Gasteiger partial charge >= 0.3 is 10.2 Å². The predicted octanol–water partition coefficient (Wildman–Crippen LogP) is 1.07. The van der Waals surface area contributed by atoms with Crippen LogP contribution in [0.5, 0.6) is 0 Å². The molecule has 0 atom stereocenters. The Morgan fingerprint density at radius 3 is 2.79 bits per heavy atom. The Hall–Kier alpha value is -2.19. The van der Waals surface area contributed by atoms with Gasteiger partial charge in [0.05, 0.1) is 0 Å². The molecule has 0 spiro atoms. The number of aromatic amines is 1. The maximum absolute atomic E-state index is 12.4. The first-order valence-corrected chi connectivity index (χ1v) is 9.26. The number of carbonyl (C=O) groups excluding carboxylic acids is 1. The molecule has 2 aromatic rings. The number of fused-ring (bicyclic) bond motifs is 1. The third-order valence-electron chi connectivity index (χ3n) is 4.02. The number of benzene rings is 1. The predicted molar refractivity (Wildman–Crippen MR) is 89.3 cm³/mol. The van der Waals surface area contributed by atoms with E-state index in [-0.39, 0.29) is 13.0 Å². The number of hydrogen-bond donors (Lipinski definition) is 2. The minimum Gasteiger partial charge on any atom is -0.346 e. The van der Waals surface area contributed by atoms with Crippen molar-refractivity contribution in [2.24, 2.45) is 0 Å². The van der Waals surface area contributed by atoms with E-state index in [0.29, 0.717) is 25.2 Å². The minimum atomic E-state index is -3.82. The van der Waals surface area contributed by atoms with Crippen molar-refractivity contribution in [3.05, 3.63) is 53.1 Å². The van der Waals surface area contributed by atoms with Crippen molar-refractivity contribution in [3.8, 4) is 0 Å². The van der Waals surface area contributed by atoms with E-state index in [1.165, 1.54) is 4.31 Å². The minimum absolute atomic E-state index is 0.0661. The highest BCUT2D eigenvalue weighted by molar-refractivity contribution is 7.87. The molecule has 0 aliphatic carbocycles. The van der Waals surface area contributed by atoms with E-state index < -0.39 is 16.1 Å². The SMILES string of the molecule is Cc1cnc(CCC(=O)NS(=O)(=O)N2CCc3ccccc3C2)[nH]1. The number of aryl methyl sites for hydroxylation is 2. The number of rotatable bonds is 5. The molecule has 7 nitrogen and oxygen atoms in total. The van der Waals surface area contributed by atoms with Crippen LogP contribution in [0.1, 0.15) is 29.1 Å². The summed E-state index contributed by atoms with van der Waals surface area (Å²) in [6.45, 7) is 2.53. The molecule has 1 aliphatic heterocycles. The van der Waals surface area contributed by atoms with Gasteiger partial charge in [-0.15, -0.1) is 0 Å². The Balaban J connectivity index is 1.58. The summed E-state index contributed by atoms with van der Waals surface area (Å²) < 4.78 is 28.2. The first kappa shape index (κ1) is 16.7. The normalized spacial score (nSPS) is 15.0. The van der Waals surface area contributed by atoms with Crippen LogP contribution in [0.4, 0.5) is 0 Å². The quantitative estimate of drug-likeness (QED) is 0.845. The lowest BCUT2D eigenvalue weighted by atomic mass is 10.0. The summed E-state index contributed by atoms with van der Waals surface area (Å²) in [4.78, 5) is 19.1. The van der Waals surface area contributed by atoms with Crippen LogP contribution in [0.15, 0.2) is 30.5 Å². The molecule has 0 unspecified atom stereocenters. The number of aromatic nitrogens is 2. The van der Waals surface area contributed by atoms with Gasteiger partial charge in [0.15, 0.2) is 0 Å². The van der Waals surface area contributed by atoms with Gasteiger partial charge < -0.3 is 4.98 Å². The molecule has 3 rings (SSSR count). The zero-order valence-electron chi connectivity index (χ0n) is 13.4. The van der Waals surface area contributed by atoms with Gasteiger partial charge in [0, 0.05) is 37.8 Å². The first-order valence-electron chi connectivity index (χ1n) is 7.82. The Labute approximate surface area is 141 Å². The average Bonchev–Trinajstić information content (AvgIpc) is 2.97. The maximum atomic E-state index is 12.4. The van der Waals surface area contributed by atoms with Crippen molar-refractivity contribution in [1.29, 1.82) is 0 Å². The van der Waals surface area contributed by atoms with Crippen molar-refractivity contribution in [1.82, 2.24) is 19.0 Å².